The Balaban J connectivity index is 1.84. The van der Waals surface area contributed by atoms with Crippen molar-refractivity contribution in [1.82, 2.24) is 20.1 Å². The molecule has 7 nitrogen and oxygen atoms in total. The standard InChI is InChI=1S/C13H15N5O2S/c1-7-15-12(17-16-7)9-6-18(5-8(9)11(14)19)13(20)10-3-2-4-21-10/h2-4,8-9H,5-6H2,1H3,(H2,14,19)(H,15,16,17)/t8-,9-/m1/s1. The number of carbonyl (C=O) groups excluding carboxylic acids is 2. The summed E-state index contributed by atoms with van der Waals surface area (Å²) in [5, 5.41) is 8.72. The van der Waals surface area contributed by atoms with Gasteiger partial charge in [0.15, 0.2) is 5.82 Å². The molecule has 2 aromatic heterocycles. The number of aryl methyl sites for hydroxylation is 1. The summed E-state index contributed by atoms with van der Waals surface area (Å²) in [4.78, 5) is 30.6. The normalized spacial score (nSPS) is 21.7. The summed E-state index contributed by atoms with van der Waals surface area (Å²) in [5.41, 5.74) is 5.47. The van der Waals surface area contributed by atoms with Crippen LogP contribution in [-0.4, -0.2) is 45.0 Å². The SMILES string of the molecule is Cc1nc([C@@H]2CN(C(=O)c3cccs3)C[C@H]2C(N)=O)n[nH]1. The van der Waals surface area contributed by atoms with Gasteiger partial charge in [0, 0.05) is 13.1 Å². The highest BCUT2D eigenvalue weighted by Gasteiger charge is 2.41. The number of amides is 2. The highest BCUT2D eigenvalue weighted by Crippen LogP contribution is 2.32. The van der Waals surface area contributed by atoms with Gasteiger partial charge in [0.05, 0.1) is 16.7 Å². The molecule has 0 saturated carbocycles. The van der Waals surface area contributed by atoms with Gasteiger partial charge in [-0.25, -0.2) is 4.98 Å². The Morgan fingerprint density at radius 3 is 2.86 bits per heavy atom. The van der Waals surface area contributed by atoms with Crippen LogP contribution in [0.15, 0.2) is 17.5 Å². The molecule has 0 spiro atoms. The van der Waals surface area contributed by atoms with Crippen molar-refractivity contribution in [1.29, 1.82) is 0 Å². The molecule has 0 aromatic carbocycles. The summed E-state index contributed by atoms with van der Waals surface area (Å²) in [5.74, 6) is 0.00412. The molecule has 1 aliphatic rings. The summed E-state index contributed by atoms with van der Waals surface area (Å²) < 4.78 is 0. The molecule has 110 valence electrons. The maximum absolute atomic E-state index is 12.4. The number of aromatic amines is 1. The first kappa shape index (κ1) is 13.7. The predicted octanol–water partition coefficient (Wildman–Crippen LogP) is 0.516. The lowest BCUT2D eigenvalue weighted by atomic mass is 9.95. The van der Waals surface area contributed by atoms with Gasteiger partial charge >= 0.3 is 0 Å². The number of hydrogen-bond acceptors (Lipinski definition) is 5. The van der Waals surface area contributed by atoms with Crippen molar-refractivity contribution < 1.29 is 9.59 Å². The lowest BCUT2D eigenvalue weighted by Crippen LogP contribution is -2.31. The maximum atomic E-state index is 12.4. The number of nitrogens with one attached hydrogen (secondary N) is 1. The van der Waals surface area contributed by atoms with Crippen molar-refractivity contribution in [2.24, 2.45) is 11.7 Å². The number of hydrogen-bond donors (Lipinski definition) is 2. The average Bonchev–Trinajstić information content (AvgIpc) is 3.17. The Hall–Kier alpha value is -2.22. The summed E-state index contributed by atoms with van der Waals surface area (Å²) in [7, 11) is 0. The van der Waals surface area contributed by atoms with Crippen molar-refractivity contribution in [2.75, 3.05) is 13.1 Å². The van der Waals surface area contributed by atoms with E-state index in [9.17, 15) is 9.59 Å². The van der Waals surface area contributed by atoms with E-state index in [4.69, 9.17) is 5.73 Å². The Morgan fingerprint density at radius 1 is 1.48 bits per heavy atom. The third-order valence-corrected chi connectivity index (χ3v) is 4.51. The summed E-state index contributed by atoms with van der Waals surface area (Å²) in [6, 6.07) is 3.60. The number of nitrogens with two attached hydrogens (primary N) is 1. The van der Waals surface area contributed by atoms with Gasteiger partial charge < -0.3 is 10.6 Å². The lowest BCUT2D eigenvalue weighted by molar-refractivity contribution is -0.121. The second-order valence-corrected chi connectivity index (χ2v) is 6.03. The topological polar surface area (TPSA) is 105 Å². The quantitative estimate of drug-likeness (QED) is 0.862. The van der Waals surface area contributed by atoms with Crippen molar-refractivity contribution in [3.8, 4) is 0 Å². The Labute approximate surface area is 125 Å². The molecule has 21 heavy (non-hydrogen) atoms. The van der Waals surface area contributed by atoms with E-state index in [1.807, 2.05) is 11.4 Å². The van der Waals surface area contributed by atoms with Crippen LogP contribution >= 0.6 is 11.3 Å². The van der Waals surface area contributed by atoms with E-state index >= 15 is 0 Å². The molecule has 3 rings (SSSR count). The van der Waals surface area contributed by atoms with Crippen LogP contribution in [0.25, 0.3) is 0 Å². The number of H-pyrrole nitrogens is 1. The zero-order valence-corrected chi connectivity index (χ0v) is 12.3. The molecular formula is C13H15N5O2S. The van der Waals surface area contributed by atoms with Crippen LogP contribution in [0.4, 0.5) is 0 Å². The van der Waals surface area contributed by atoms with Gasteiger partial charge in [0.2, 0.25) is 5.91 Å². The molecular weight excluding hydrogens is 290 g/mol. The number of primary amides is 1. The minimum Gasteiger partial charge on any atom is -0.369 e. The fourth-order valence-corrected chi connectivity index (χ4v) is 3.29. The molecule has 0 aliphatic carbocycles. The highest BCUT2D eigenvalue weighted by atomic mass is 32.1. The predicted molar refractivity (Wildman–Crippen MR) is 76.8 cm³/mol. The van der Waals surface area contributed by atoms with Gasteiger partial charge in [-0.05, 0) is 18.4 Å². The summed E-state index contributed by atoms with van der Waals surface area (Å²) >= 11 is 1.38. The molecule has 2 aromatic rings. The molecule has 2 atom stereocenters. The van der Waals surface area contributed by atoms with Crippen LogP contribution in [0, 0.1) is 12.8 Å². The number of rotatable bonds is 3. The number of aromatic nitrogens is 3. The Kier molecular flexibility index (Phi) is 3.46. The van der Waals surface area contributed by atoms with E-state index in [0.717, 1.165) is 0 Å². The minimum atomic E-state index is -0.455. The monoisotopic (exact) mass is 305 g/mol. The molecule has 3 heterocycles. The number of thiophene rings is 1. The van der Waals surface area contributed by atoms with Crippen LogP contribution in [0.1, 0.15) is 27.2 Å². The number of carbonyl (C=O) groups is 2. The minimum absolute atomic E-state index is 0.0778. The zero-order chi connectivity index (χ0) is 15.0. The third-order valence-electron chi connectivity index (χ3n) is 3.65. The Morgan fingerprint density at radius 2 is 2.29 bits per heavy atom. The second kappa shape index (κ2) is 5.28. The van der Waals surface area contributed by atoms with E-state index in [0.29, 0.717) is 29.6 Å². The van der Waals surface area contributed by atoms with Gasteiger partial charge in [-0.15, -0.1) is 11.3 Å². The van der Waals surface area contributed by atoms with E-state index in [-0.39, 0.29) is 11.8 Å². The first-order valence-corrected chi connectivity index (χ1v) is 7.45. The van der Waals surface area contributed by atoms with Crippen molar-refractivity contribution >= 4 is 23.2 Å². The van der Waals surface area contributed by atoms with Crippen molar-refractivity contribution in [3.63, 3.8) is 0 Å². The van der Waals surface area contributed by atoms with Crippen LogP contribution in [0.3, 0.4) is 0 Å². The summed E-state index contributed by atoms with van der Waals surface area (Å²) in [6.07, 6.45) is 0. The van der Waals surface area contributed by atoms with Gasteiger partial charge in [0.1, 0.15) is 5.82 Å². The molecule has 2 amide bonds. The van der Waals surface area contributed by atoms with E-state index in [2.05, 4.69) is 15.2 Å². The van der Waals surface area contributed by atoms with E-state index in [1.54, 1.807) is 17.9 Å². The fraction of sp³-hybridized carbons (Fsp3) is 0.385. The summed E-state index contributed by atoms with van der Waals surface area (Å²) in [6.45, 7) is 2.51. The first-order valence-electron chi connectivity index (χ1n) is 6.57. The van der Waals surface area contributed by atoms with E-state index < -0.39 is 11.8 Å². The van der Waals surface area contributed by atoms with Gasteiger partial charge in [0.25, 0.3) is 5.91 Å². The van der Waals surface area contributed by atoms with E-state index in [1.165, 1.54) is 11.3 Å². The first-order chi connectivity index (χ1) is 10.1. The molecule has 3 N–H and O–H groups in total. The number of nitrogens with zero attached hydrogens (tertiary/aromatic N) is 3. The molecule has 0 unspecified atom stereocenters. The Bertz CT molecular complexity index is 666. The smallest absolute Gasteiger partial charge is 0.263 e. The average molecular weight is 305 g/mol. The fourth-order valence-electron chi connectivity index (χ4n) is 2.60. The van der Waals surface area contributed by atoms with Crippen LogP contribution in [-0.2, 0) is 4.79 Å². The van der Waals surface area contributed by atoms with Crippen LogP contribution in [0.5, 0.6) is 0 Å². The zero-order valence-electron chi connectivity index (χ0n) is 11.4. The lowest BCUT2D eigenvalue weighted by Gasteiger charge is -2.14. The van der Waals surface area contributed by atoms with Crippen molar-refractivity contribution in [2.45, 2.75) is 12.8 Å². The largest absolute Gasteiger partial charge is 0.369 e. The van der Waals surface area contributed by atoms with Crippen LogP contribution in [0.2, 0.25) is 0 Å². The molecule has 1 saturated heterocycles. The van der Waals surface area contributed by atoms with Gasteiger partial charge in [-0.2, -0.15) is 5.10 Å². The van der Waals surface area contributed by atoms with Gasteiger partial charge in [-0.1, -0.05) is 6.07 Å². The van der Waals surface area contributed by atoms with Crippen LogP contribution < -0.4 is 5.73 Å². The molecule has 1 fully saturated rings. The van der Waals surface area contributed by atoms with Gasteiger partial charge in [-0.3, -0.25) is 14.7 Å². The molecule has 0 bridgehead atoms. The molecule has 0 radical (unpaired) electrons. The third kappa shape index (κ3) is 2.54. The van der Waals surface area contributed by atoms with Crippen molar-refractivity contribution in [3.05, 3.63) is 34.0 Å². The second-order valence-electron chi connectivity index (χ2n) is 5.08. The molecule has 1 aliphatic heterocycles. The number of likely N-dealkylation sites (tertiary alicyclic amines) is 1. The maximum Gasteiger partial charge on any atom is 0.263 e. The highest BCUT2D eigenvalue weighted by molar-refractivity contribution is 7.12. The molecule has 8 heteroatoms.